The van der Waals surface area contributed by atoms with Crippen LogP contribution < -0.4 is 5.32 Å². The molecule has 4 aromatic rings. The molecule has 6 rings (SSSR count). The standard InChI is InChI=1S/C38H41N3O5/c42-24-33-20-27-12-4-7-15-30(27)23-41(33)36(43)21-28-13-5-6-14-29(18-26-10-2-1-3-11-26)38(45)46-25-32(40-37(28)44)19-31-22-39-35-17-9-8-16-34(31)35/h1-12,15-17,22,28-29,32-33,39,42H,13-14,18-21,23-25H2,(H,40,44). The van der Waals surface area contributed by atoms with Gasteiger partial charge in [-0.1, -0.05) is 84.9 Å². The Bertz CT molecular complexity index is 1700. The summed E-state index contributed by atoms with van der Waals surface area (Å²) >= 11 is 0. The number of fused-ring (bicyclic) bond motifs is 2. The van der Waals surface area contributed by atoms with Gasteiger partial charge >= 0.3 is 5.97 Å². The van der Waals surface area contributed by atoms with Crippen molar-refractivity contribution < 1.29 is 24.2 Å². The second kappa shape index (κ2) is 14.6. The summed E-state index contributed by atoms with van der Waals surface area (Å²) < 4.78 is 5.89. The van der Waals surface area contributed by atoms with Crippen molar-refractivity contribution in [2.75, 3.05) is 13.2 Å². The molecule has 238 valence electrons. The number of esters is 1. The Morgan fingerprint density at radius 2 is 1.59 bits per heavy atom. The lowest BCUT2D eigenvalue weighted by molar-refractivity contribution is -0.150. The number of aliphatic hydroxyl groups is 1. The third kappa shape index (κ3) is 7.40. The number of nitrogens with zero attached hydrogens (tertiary/aromatic N) is 1. The first-order valence-corrected chi connectivity index (χ1v) is 16.2. The number of carbonyl (C=O) groups is 3. The van der Waals surface area contributed by atoms with E-state index in [1.165, 1.54) is 0 Å². The number of nitrogens with one attached hydrogen (secondary N) is 2. The van der Waals surface area contributed by atoms with Crippen molar-refractivity contribution in [3.05, 3.63) is 119 Å². The van der Waals surface area contributed by atoms with E-state index in [0.717, 1.165) is 33.2 Å². The van der Waals surface area contributed by atoms with Crippen LogP contribution in [0.4, 0.5) is 0 Å². The van der Waals surface area contributed by atoms with E-state index in [0.29, 0.717) is 38.6 Å². The number of aliphatic hydroxyl groups excluding tert-OH is 1. The number of carbonyl (C=O) groups excluding carboxylic acids is 3. The van der Waals surface area contributed by atoms with E-state index in [9.17, 15) is 19.5 Å². The predicted octanol–water partition coefficient (Wildman–Crippen LogP) is 4.90. The monoisotopic (exact) mass is 619 g/mol. The number of benzene rings is 3. The largest absolute Gasteiger partial charge is 0.463 e. The van der Waals surface area contributed by atoms with E-state index in [4.69, 9.17) is 4.74 Å². The van der Waals surface area contributed by atoms with Gasteiger partial charge in [0.15, 0.2) is 0 Å². The molecule has 0 aliphatic carbocycles. The molecule has 4 unspecified atom stereocenters. The van der Waals surface area contributed by atoms with Crippen LogP contribution in [0.3, 0.4) is 0 Å². The highest BCUT2D eigenvalue weighted by atomic mass is 16.5. The fourth-order valence-electron chi connectivity index (χ4n) is 6.67. The maximum absolute atomic E-state index is 13.9. The lowest BCUT2D eigenvalue weighted by Crippen LogP contribution is -2.48. The van der Waals surface area contributed by atoms with Crippen LogP contribution in [0.15, 0.2) is 97.2 Å². The smallest absolute Gasteiger partial charge is 0.309 e. The first-order valence-electron chi connectivity index (χ1n) is 16.2. The maximum atomic E-state index is 13.9. The number of para-hydroxylation sites is 1. The number of aromatic amines is 1. The van der Waals surface area contributed by atoms with Crippen LogP contribution in [0.25, 0.3) is 10.9 Å². The molecule has 0 saturated carbocycles. The topological polar surface area (TPSA) is 112 Å². The van der Waals surface area contributed by atoms with Crippen LogP contribution >= 0.6 is 0 Å². The van der Waals surface area contributed by atoms with Crippen LogP contribution in [-0.2, 0) is 44.9 Å². The molecule has 8 heteroatoms. The zero-order valence-corrected chi connectivity index (χ0v) is 25.9. The molecular weight excluding hydrogens is 578 g/mol. The molecular formula is C38H41N3O5. The van der Waals surface area contributed by atoms with Crippen LogP contribution in [0.2, 0.25) is 0 Å². The van der Waals surface area contributed by atoms with Gasteiger partial charge in [0.25, 0.3) is 0 Å². The molecule has 4 atom stereocenters. The Balaban J connectivity index is 1.24. The number of aromatic nitrogens is 1. The third-order valence-electron chi connectivity index (χ3n) is 9.26. The molecule has 0 saturated heterocycles. The summed E-state index contributed by atoms with van der Waals surface area (Å²) in [6.45, 7) is 0.289. The number of allylic oxidation sites excluding steroid dienone is 2. The van der Waals surface area contributed by atoms with Crippen molar-refractivity contribution in [3.8, 4) is 0 Å². The Morgan fingerprint density at radius 3 is 2.39 bits per heavy atom. The van der Waals surface area contributed by atoms with Gasteiger partial charge in [-0.05, 0) is 60.4 Å². The molecule has 3 aromatic carbocycles. The quantitative estimate of drug-likeness (QED) is 0.201. The van der Waals surface area contributed by atoms with Crippen molar-refractivity contribution in [1.29, 1.82) is 0 Å². The van der Waals surface area contributed by atoms with Crippen molar-refractivity contribution >= 4 is 28.7 Å². The van der Waals surface area contributed by atoms with Crippen molar-refractivity contribution in [3.63, 3.8) is 0 Å². The maximum Gasteiger partial charge on any atom is 0.309 e. The third-order valence-corrected chi connectivity index (χ3v) is 9.26. The average Bonchev–Trinajstić information content (AvgIpc) is 3.49. The minimum atomic E-state index is -0.617. The number of ether oxygens (including phenoxy) is 1. The fraction of sp³-hybridized carbons (Fsp3) is 0.342. The zero-order chi connectivity index (χ0) is 31.9. The van der Waals surface area contributed by atoms with Gasteiger partial charge in [0.1, 0.15) is 6.61 Å². The van der Waals surface area contributed by atoms with Gasteiger partial charge < -0.3 is 25.0 Å². The molecule has 0 bridgehead atoms. The van der Waals surface area contributed by atoms with E-state index in [2.05, 4.69) is 10.3 Å². The van der Waals surface area contributed by atoms with Crippen LogP contribution in [0.5, 0.6) is 0 Å². The Hall–Kier alpha value is -4.69. The molecule has 0 radical (unpaired) electrons. The van der Waals surface area contributed by atoms with Gasteiger partial charge in [-0.15, -0.1) is 0 Å². The van der Waals surface area contributed by atoms with E-state index in [1.807, 2.05) is 97.2 Å². The number of rotatable bonds is 7. The van der Waals surface area contributed by atoms with E-state index in [1.54, 1.807) is 4.90 Å². The minimum absolute atomic E-state index is 0.0158. The molecule has 3 N–H and O–H groups in total. The highest BCUT2D eigenvalue weighted by Gasteiger charge is 2.33. The Kier molecular flexibility index (Phi) is 9.94. The number of hydrogen-bond acceptors (Lipinski definition) is 5. The number of cyclic esters (lactones) is 1. The summed E-state index contributed by atoms with van der Waals surface area (Å²) in [6, 6.07) is 25.0. The average molecular weight is 620 g/mol. The van der Waals surface area contributed by atoms with Crippen LogP contribution in [0, 0.1) is 11.8 Å². The summed E-state index contributed by atoms with van der Waals surface area (Å²) in [4.78, 5) is 46.0. The molecule has 1 aromatic heterocycles. The number of H-pyrrole nitrogens is 1. The van der Waals surface area contributed by atoms with Crippen LogP contribution in [-0.4, -0.2) is 58.1 Å². The summed E-state index contributed by atoms with van der Waals surface area (Å²) in [7, 11) is 0. The molecule has 2 aliphatic rings. The normalized spacial score (nSPS) is 22.3. The second-order valence-electron chi connectivity index (χ2n) is 12.5. The highest BCUT2D eigenvalue weighted by molar-refractivity contribution is 5.87. The minimum Gasteiger partial charge on any atom is -0.463 e. The molecule has 2 aliphatic heterocycles. The van der Waals surface area contributed by atoms with Crippen molar-refractivity contribution in [1.82, 2.24) is 15.2 Å². The molecule has 3 heterocycles. The van der Waals surface area contributed by atoms with Gasteiger partial charge in [-0.3, -0.25) is 14.4 Å². The van der Waals surface area contributed by atoms with Gasteiger partial charge in [0.05, 0.1) is 30.5 Å². The van der Waals surface area contributed by atoms with Gasteiger partial charge in [0, 0.05) is 30.1 Å². The Morgan fingerprint density at radius 1 is 0.870 bits per heavy atom. The fourth-order valence-corrected chi connectivity index (χ4v) is 6.67. The molecule has 0 spiro atoms. The van der Waals surface area contributed by atoms with Gasteiger partial charge in [-0.2, -0.15) is 0 Å². The van der Waals surface area contributed by atoms with Crippen molar-refractivity contribution in [2.24, 2.45) is 11.8 Å². The summed E-state index contributed by atoms with van der Waals surface area (Å²) in [5.74, 6) is -1.69. The summed E-state index contributed by atoms with van der Waals surface area (Å²) in [5.41, 5.74) is 5.26. The van der Waals surface area contributed by atoms with E-state index in [-0.39, 0.29) is 49.4 Å². The Labute approximate surface area is 269 Å². The van der Waals surface area contributed by atoms with Gasteiger partial charge in [-0.25, -0.2) is 0 Å². The zero-order valence-electron chi connectivity index (χ0n) is 25.9. The predicted molar refractivity (Wildman–Crippen MR) is 177 cm³/mol. The van der Waals surface area contributed by atoms with Crippen LogP contribution in [0.1, 0.15) is 41.5 Å². The molecule has 2 amide bonds. The lowest BCUT2D eigenvalue weighted by Gasteiger charge is -2.36. The van der Waals surface area contributed by atoms with Crippen molar-refractivity contribution in [2.45, 2.75) is 57.2 Å². The molecule has 8 nitrogen and oxygen atoms in total. The second-order valence-corrected chi connectivity index (χ2v) is 12.5. The van der Waals surface area contributed by atoms with E-state index >= 15 is 0 Å². The SMILES string of the molecule is O=C1NC(Cc2c[nH]c3ccccc23)COC(=O)C(Cc2ccccc2)CC=CCC1CC(=O)N1Cc2ccccc2CC1CO. The number of amides is 2. The van der Waals surface area contributed by atoms with E-state index < -0.39 is 12.0 Å². The lowest BCUT2D eigenvalue weighted by atomic mass is 9.91. The first-order chi connectivity index (χ1) is 22.5. The molecule has 0 fully saturated rings. The highest BCUT2D eigenvalue weighted by Crippen LogP contribution is 2.26. The number of hydrogen-bond donors (Lipinski definition) is 3. The summed E-state index contributed by atoms with van der Waals surface area (Å²) in [6.07, 6.45) is 8.20. The van der Waals surface area contributed by atoms with Gasteiger partial charge in [0.2, 0.25) is 11.8 Å². The summed E-state index contributed by atoms with van der Waals surface area (Å²) in [5, 5.41) is 14.3. The first kappa shape index (κ1) is 31.3. The molecule has 46 heavy (non-hydrogen) atoms.